The minimum absolute atomic E-state index is 0.506. The van der Waals surface area contributed by atoms with Crippen molar-refractivity contribution in [2.45, 2.75) is 0 Å². The summed E-state index contributed by atoms with van der Waals surface area (Å²) in [5, 5.41) is 4.18. The number of hydrogen-bond acceptors (Lipinski definition) is 3. The van der Waals surface area contributed by atoms with Gasteiger partial charge in [0.15, 0.2) is 0 Å². The van der Waals surface area contributed by atoms with Crippen molar-refractivity contribution in [1.82, 2.24) is 9.97 Å². The maximum atomic E-state index is 13.0. The Bertz CT molecular complexity index is 692. The van der Waals surface area contributed by atoms with Crippen LogP contribution < -0.4 is 5.32 Å². The van der Waals surface area contributed by atoms with Crippen molar-refractivity contribution in [2.24, 2.45) is 0 Å². The average molecular weight is 239 g/mol. The molecular formula is C14H10FN3. The Balaban J connectivity index is 2.05. The molecule has 3 rings (SSSR count). The van der Waals surface area contributed by atoms with Crippen LogP contribution in [0.15, 0.2) is 54.9 Å². The normalized spacial score (nSPS) is 10.5. The topological polar surface area (TPSA) is 37.8 Å². The third-order valence-electron chi connectivity index (χ3n) is 2.64. The molecule has 0 aliphatic rings. The number of hydrogen-bond donors (Lipinski definition) is 1. The van der Waals surface area contributed by atoms with Crippen LogP contribution in [0.5, 0.6) is 0 Å². The molecule has 0 bridgehead atoms. The third kappa shape index (κ3) is 2.00. The maximum Gasteiger partial charge on any atom is 0.214 e. The fourth-order valence-corrected chi connectivity index (χ4v) is 1.84. The summed E-state index contributed by atoms with van der Waals surface area (Å²) >= 11 is 0. The van der Waals surface area contributed by atoms with Gasteiger partial charge in [0.05, 0.1) is 11.2 Å². The number of para-hydroxylation sites is 1. The molecule has 4 heteroatoms. The fraction of sp³-hybridized carbons (Fsp3) is 0. The summed E-state index contributed by atoms with van der Waals surface area (Å²) in [4.78, 5) is 7.85. The van der Waals surface area contributed by atoms with E-state index in [1.165, 1.54) is 12.3 Å². The number of anilines is 2. The molecule has 2 heterocycles. The number of benzene rings is 1. The zero-order chi connectivity index (χ0) is 12.4. The lowest BCUT2D eigenvalue weighted by Crippen LogP contribution is -1.94. The lowest BCUT2D eigenvalue weighted by atomic mass is 10.2. The lowest BCUT2D eigenvalue weighted by Gasteiger charge is -2.08. The number of halogens is 1. The van der Waals surface area contributed by atoms with E-state index < -0.39 is 5.95 Å². The number of fused-ring (bicyclic) bond motifs is 1. The van der Waals surface area contributed by atoms with Gasteiger partial charge >= 0.3 is 0 Å². The fourth-order valence-electron chi connectivity index (χ4n) is 1.84. The molecule has 0 saturated heterocycles. The van der Waals surface area contributed by atoms with E-state index in [0.717, 1.165) is 16.6 Å². The molecule has 88 valence electrons. The van der Waals surface area contributed by atoms with E-state index in [1.54, 1.807) is 12.3 Å². The Morgan fingerprint density at radius 1 is 0.944 bits per heavy atom. The van der Waals surface area contributed by atoms with Crippen molar-refractivity contribution < 1.29 is 4.39 Å². The molecule has 1 aromatic carbocycles. The molecular weight excluding hydrogens is 229 g/mol. The predicted molar refractivity (Wildman–Crippen MR) is 69.2 cm³/mol. The lowest BCUT2D eigenvalue weighted by molar-refractivity contribution is 0.584. The van der Waals surface area contributed by atoms with Crippen molar-refractivity contribution in [3.8, 4) is 0 Å². The standard InChI is InChI=1S/C14H10FN3/c15-13-9-11(6-8-16-13)18-12-5-1-3-10-4-2-7-17-14(10)12/h1-9H,(H,16,18). The van der Waals surface area contributed by atoms with Gasteiger partial charge < -0.3 is 5.32 Å². The molecule has 0 atom stereocenters. The van der Waals surface area contributed by atoms with Crippen LogP contribution in [0.1, 0.15) is 0 Å². The van der Waals surface area contributed by atoms with Crippen LogP contribution in [-0.4, -0.2) is 9.97 Å². The molecule has 3 nitrogen and oxygen atoms in total. The number of nitrogens with one attached hydrogen (secondary N) is 1. The Morgan fingerprint density at radius 2 is 1.83 bits per heavy atom. The van der Waals surface area contributed by atoms with E-state index in [2.05, 4.69) is 15.3 Å². The smallest absolute Gasteiger partial charge is 0.214 e. The molecule has 0 radical (unpaired) electrons. The molecule has 0 saturated carbocycles. The highest BCUT2D eigenvalue weighted by molar-refractivity contribution is 5.91. The van der Waals surface area contributed by atoms with Crippen molar-refractivity contribution >= 4 is 22.3 Å². The van der Waals surface area contributed by atoms with Gasteiger partial charge in [0.1, 0.15) is 0 Å². The largest absolute Gasteiger partial charge is 0.354 e. The summed E-state index contributed by atoms with van der Waals surface area (Å²) in [6.45, 7) is 0. The summed E-state index contributed by atoms with van der Waals surface area (Å²) in [6.07, 6.45) is 3.16. The molecule has 2 aromatic heterocycles. The first kappa shape index (κ1) is 10.7. The monoisotopic (exact) mass is 239 g/mol. The van der Waals surface area contributed by atoms with E-state index in [9.17, 15) is 4.39 Å². The van der Waals surface area contributed by atoms with Crippen LogP contribution in [0.4, 0.5) is 15.8 Å². The van der Waals surface area contributed by atoms with E-state index in [1.807, 2.05) is 30.3 Å². The van der Waals surface area contributed by atoms with Crippen LogP contribution in [-0.2, 0) is 0 Å². The zero-order valence-electron chi connectivity index (χ0n) is 9.47. The second-order valence-electron chi connectivity index (χ2n) is 3.87. The quantitative estimate of drug-likeness (QED) is 0.695. The molecule has 0 spiro atoms. The Morgan fingerprint density at radius 3 is 2.72 bits per heavy atom. The minimum Gasteiger partial charge on any atom is -0.354 e. The van der Waals surface area contributed by atoms with Gasteiger partial charge in [-0.2, -0.15) is 4.39 Å². The first-order valence-corrected chi connectivity index (χ1v) is 5.55. The average Bonchev–Trinajstić information content (AvgIpc) is 2.39. The summed E-state index contributed by atoms with van der Waals surface area (Å²) in [5.74, 6) is -0.506. The minimum atomic E-state index is -0.506. The zero-order valence-corrected chi connectivity index (χ0v) is 9.47. The molecule has 1 N–H and O–H groups in total. The Hall–Kier alpha value is -2.49. The Labute approximate surface area is 103 Å². The van der Waals surface area contributed by atoms with Crippen LogP contribution in [0, 0.1) is 5.95 Å². The number of pyridine rings is 2. The molecule has 0 amide bonds. The summed E-state index contributed by atoms with van der Waals surface area (Å²) in [7, 11) is 0. The van der Waals surface area contributed by atoms with Gasteiger partial charge in [0.2, 0.25) is 5.95 Å². The number of aromatic nitrogens is 2. The SMILES string of the molecule is Fc1cc(Nc2cccc3cccnc23)ccn1. The van der Waals surface area contributed by atoms with Gasteiger partial charge in [0.25, 0.3) is 0 Å². The van der Waals surface area contributed by atoms with E-state index >= 15 is 0 Å². The number of rotatable bonds is 2. The van der Waals surface area contributed by atoms with Crippen LogP contribution in [0.3, 0.4) is 0 Å². The van der Waals surface area contributed by atoms with E-state index in [4.69, 9.17) is 0 Å². The highest BCUT2D eigenvalue weighted by Crippen LogP contribution is 2.24. The van der Waals surface area contributed by atoms with Gasteiger partial charge in [-0.15, -0.1) is 0 Å². The summed E-state index contributed by atoms with van der Waals surface area (Å²) < 4.78 is 13.0. The Kier molecular flexibility index (Phi) is 2.61. The summed E-state index contributed by atoms with van der Waals surface area (Å²) in [6, 6.07) is 12.8. The van der Waals surface area contributed by atoms with Crippen LogP contribution in [0.25, 0.3) is 10.9 Å². The second-order valence-corrected chi connectivity index (χ2v) is 3.87. The second kappa shape index (κ2) is 4.41. The van der Waals surface area contributed by atoms with Crippen molar-refractivity contribution in [3.63, 3.8) is 0 Å². The van der Waals surface area contributed by atoms with E-state index in [0.29, 0.717) is 5.69 Å². The van der Waals surface area contributed by atoms with Crippen molar-refractivity contribution in [3.05, 3.63) is 60.8 Å². The molecule has 0 fully saturated rings. The van der Waals surface area contributed by atoms with Gasteiger partial charge in [-0.25, -0.2) is 4.98 Å². The van der Waals surface area contributed by atoms with Crippen molar-refractivity contribution in [1.29, 1.82) is 0 Å². The highest BCUT2D eigenvalue weighted by atomic mass is 19.1. The molecule has 0 aliphatic heterocycles. The van der Waals surface area contributed by atoms with Gasteiger partial charge in [-0.05, 0) is 18.2 Å². The van der Waals surface area contributed by atoms with Gasteiger partial charge in [-0.3, -0.25) is 4.98 Å². The summed E-state index contributed by atoms with van der Waals surface area (Å²) in [5.41, 5.74) is 2.36. The third-order valence-corrected chi connectivity index (χ3v) is 2.64. The van der Waals surface area contributed by atoms with Gasteiger partial charge in [-0.1, -0.05) is 18.2 Å². The van der Waals surface area contributed by atoms with Crippen LogP contribution >= 0.6 is 0 Å². The molecule has 0 aliphatic carbocycles. The molecule has 18 heavy (non-hydrogen) atoms. The highest BCUT2D eigenvalue weighted by Gasteiger charge is 2.02. The van der Waals surface area contributed by atoms with Gasteiger partial charge in [0, 0.05) is 29.5 Å². The van der Waals surface area contributed by atoms with Crippen LogP contribution in [0.2, 0.25) is 0 Å². The predicted octanol–water partition coefficient (Wildman–Crippen LogP) is 3.51. The number of nitrogens with zero attached hydrogens (tertiary/aromatic N) is 2. The van der Waals surface area contributed by atoms with E-state index in [-0.39, 0.29) is 0 Å². The first-order valence-electron chi connectivity index (χ1n) is 5.55. The van der Waals surface area contributed by atoms with Crippen molar-refractivity contribution in [2.75, 3.05) is 5.32 Å². The molecule has 0 unspecified atom stereocenters. The first-order chi connectivity index (χ1) is 8.83. The maximum absolute atomic E-state index is 13.0. The molecule has 3 aromatic rings.